The average Bonchev–Trinajstić information content (AvgIpc) is 2.35. The number of ether oxygens (including phenoxy) is 1. The summed E-state index contributed by atoms with van der Waals surface area (Å²) in [4.78, 5) is 8.28. The number of hydrogen-bond donors (Lipinski definition) is 1. The number of hydrogen-bond acceptors (Lipinski definition) is 4. The Kier molecular flexibility index (Phi) is 3.96. The van der Waals surface area contributed by atoms with Gasteiger partial charge in [0, 0.05) is 7.05 Å². The number of rotatable bonds is 3. The first-order chi connectivity index (χ1) is 8.20. The third-order valence-corrected chi connectivity index (χ3v) is 3.18. The lowest BCUT2D eigenvalue weighted by Crippen LogP contribution is -1.98. The summed E-state index contributed by atoms with van der Waals surface area (Å²) in [6, 6.07) is 7.58. The third-order valence-electron chi connectivity index (χ3n) is 1.98. The highest BCUT2D eigenvalue weighted by Gasteiger charge is 2.08. The summed E-state index contributed by atoms with van der Waals surface area (Å²) in [6.07, 6.45) is 1.64. The van der Waals surface area contributed by atoms with Crippen molar-refractivity contribution < 1.29 is 4.74 Å². The highest BCUT2D eigenvalue weighted by atomic mass is 79.9. The monoisotopic (exact) mass is 357 g/mol. The number of para-hydroxylation sites is 1. The van der Waals surface area contributed by atoms with Gasteiger partial charge in [0.1, 0.15) is 5.75 Å². The number of aromatic nitrogens is 2. The molecule has 0 fully saturated rings. The molecule has 1 aromatic heterocycles. The van der Waals surface area contributed by atoms with E-state index in [1.165, 1.54) is 0 Å². The van der Waals surface area contributed by atoms with Crippen LogP contribution in [-0.4, -0.2) is 17.0 Å². The van der Waals surface area contributed by atoms with Gasteiger partial charge < -0.3 is 10.1 Å². The molecule has 0 aliphatic heterocycles. The summed E-state index contributed by atoms with van der Waals surface area (Å²) in [6.45, 7) is 0. The number of nitrogens with one attached hydrogen (secondary N) is 1. The molecule has 0 saturated heterocycles. The molecule has 0 aliphatic carbocycles. The van der Waals surface area contributed by atoms with E-state index in [0.717, 1.165) is 4.47 Å². The minimum atomic E-state index is 0.469. The standard InChI is InChI=1S/C11H9Br2N3O/c1-14-11-15-6-8(13)10(16-11)17-9-5-3-2-4-7(9)12/h2-6H,1H3,(H,14,15,16). The first-order valence-electron chi connectivity index (χ1n) is 4.83. The molecule has 0 spiro atoms. The second-order valence-electron chi connectivity index (χ2n) is 3.13. The van der Waals surface area contributed by atoms with Gasteiger partial charge in [-0.05, 0) is 44.0 Å². The quantitative estimate of drug-likeness (QED) is 0.905. The summed E-state index contributed by atoms with van der Waals surface area (Å²) in [5, 5.41) is 2.86. The van der Waals surface area contributed by atoms with Gasteiger partial charge in [-0.3, -0.25) is 0 Å². The van der Waals surface area contributed by atoms with Crippen molar-refractivity contribution >= 4 is 37.8 Å². The largest absolute Gasteiger partial charge is 0.437 e. The van der Waals surface area contributed by atoms with E-state index in [0.29, 0.717) is 22.1 Å². The Morgan fingerprint density at radius 1 is 1.18 bits per heavy atom. The van der Waals surface area contributed by atoms with Gasteiger partial charge in [0.05, 0.1) is 15.1 Å². The van der Waals surface area contributed by atoms with Crippen LogP contribution >= 0.6 is 31.9 Å². The van der Waals surface area contributed by atoms with E-state index in [4.69, 9.17) is 4.74 Å². The fourth-order valence-electron chi connectivity index (χ4n) is 1.18. The first kappa shape index (κ1) is 12.3. The van der Waals surface area contributed by atoms with Crippen LogP contribution in [0.25, 0.3) is 0 Å². The van der Waals surface area contributed by atoms with Crippen LogP contribution in [0.3, 0.4) is 0 Å². The lowest BCUT2D eigenvalue weighted by Gasteiger charge is -2.08. The van der Waals surface area contributed by atoms with Gasteiger partial charge in [-0.1, -0.05) is 12.1 Å². The van der Waals surface area contributed by atoms with Crippen LogP contribution in [0, 0.1) is 0 Å². The van der Waals surface area contributed by atoms with E-state index in [2.05, 4.69) is 47.1 Å². The zero-order chi connectivity index (χ0) is 12.3. The molecule has 1 aromatic carbocycles. The Morgan fingerprint density at radius 2 is 1.94 bits per heavy atom. The van der Waals surface area contributed by atoms with Crippen molar-refractivity contribution in [2.24, 2.45) is 0 Å². The van der Waals surface area contributed by atoms with Crippen molar-refractivity contribution in [2.45, 2.75) is 0 Å². The highest BCUT2D eigenvalue weighted by Crippen LogP contribution is 2.32. The molecule has 0 bridgehead atoms. The maximum absolute atomic E-state index is 5.70. The van der Waals surface area contributed by atoms with Gasteiger partial charge in [-0.25, -0.2) is 4.98 Å². The fourth-order valence-corrected chi connectivity index (χ4v) is 1.81. The summed E-state index contributed by atoms with van der Waals surface area (Å²) in [5.41, 5.74) is 0. The Morgan fingerprint density at radius 3 is 2.65 bits per heavy atom. The van der Waals surface area contributed by atoms with Crippen LogP contribution in [0.15, 0.2) is 39.4 Å². The number of anilines is 1. The normalized spacial score (nSPS) is 10.1. The van der Waals surface area contributed by atoms with Gasteiger partial charge in [0.25, 0.3) is 0 Å². The van der Waals surface area contributed by atoms with E-state index in [1.807, 2.05) is 24.3 Å². The van der Waals surface area contributed by atoms with Crippen LogP contribution in [0.2, 0.25) is 0 Å². The molecule has 0 atom stereocenters. The molecular weight excluding hydrogens is 350 g/mol. The number of halogens is 2. The number of benzene rings is 1. The Balaban J connectivity index is 2.32. The third kappa shape index (κ3) is 2.95. The second kappa shape index (κ2) is 5.46. The van der Waals surface area contributed by atoms with Gasteiger partial charge in [-0.2, -0.15) is 4.98 Å². The van der Waals surface area contributed by atoms with E-state index >= 15 is 0 Å². The molecule has 1 N–H and O–H groups in total. The molecule has 2 rings (SSSR count). The molecule has 88 valence electrons. The second-order valence-corrected chi connectivity index (χ2v) is 4.84. The Labute approximate surface area is 116 Å². The fraction of sp³-hybridized carbons (Fsp3) is 0.0909. The van der Waals surface area contributed by atoms with Gasteiger partial charge in [0.15, 0.2) is 0 Å². The van der Waals surface area contributed by atoms with Crippen molar-refractivity contribution in [1.82, 2.24) is 9.97 Å². The Hall–Kier alpha value is -1.14. The van der Waals surface area contributed by atoms with Crippen molar-refractivity contribution in [1.29, 1.82) is 0 Å². The molecule has 0 radical (unpaired) electrons. The molecule has 2 aromatic rings. The average molecular weight is 359 g/mol. The maximum atomic E-state index is 5.70. The van der Waals surface area contributed by atoms with Crippen LogP contribution in [-0.2, 0) is 0 Å². The van der Waals surface area contributed by atoms with Gasteiger partial charge in [0.2, 0.25) is 11.8 Å². The predicted molar refractivity (Wildman–Crippen MR) is 73.5 cm³/mol. The molecular formula is C11H9Br2N3O. The zero-order valence-corrected chi connectivity index (χ0v) is 12.1. The van der Waals surface area contributed by atoms with E-state index < -0.39 is 0 Å². The van der Waals surface area contributed by atoms with Gasteiger partial charge >= 0.3 is 0 Å². The van der Waals surface area contributed by atoms with E-state index in [-0.39, 0.29) is 0 Å². The van der Waals surface area contributed by atoms with Crippen LogP contribution < -0.4 is 10.1 Å². The van der Waals surface area contributed by atoms with Crippen LogP contribution in [0.5, 0.6) is 11.6 Å². The highest BCUT2D eigenvalue weighted by molar-refractivity contribution is 9.11. The van der Waals surface area contributed by atoms with Crippen molar-refractivity contribution in [3.05, 3.63) is 39.4 Å². The minimum Gasteiger partial charge on any atom is -0.437 e. The lowest BCUT2D eigenvalue weighted by atomic mass is 10.3. The molecule has 4 nitrogen and oxygen atoms in total. The molecule has 17 heavy (non-hydrogen) atoms. The molecule has 6 heteroatoms. The summed E-state index contributed by atoms with van der Waals surface area (Å²) < 4.78 is 7.27. The molecule has 0 unspecified atom stereocenters. The maximum Gasteiger partial charge on any atom is 0.238 e. The summed E-state index contributed by atoms with van der Waals surface area (Å²) in [5.74, 6) is 1.68. The van der Waals surface area contributed by atoms with E-state index in [9.17, 15) is 0 Å². The number of nitrogens with zero attached hydrogens (tertiary/aromatic N) is 2. The Bertz CT molecular complexity index is 534. The molecule has 1 heterocycles. The van der Waals surface area contributed by atoms with Crippen molar-refractivity contribution in [3.63, 3.8) is 0 Å². The topological polar surface area (TPSA) is 47.0 Å². The summed E-state index contributed by atoms with van der Waals surface area (Å²) >= 11 is 6.76. The van der Waals surface area contributed by atoms with E-state index in [1.54, 1.807) is 13.2 Å². The van der Waals surface area contributed by atoms with Crippen LogP contribution in [0.4, 0.5) is 5.95 Å². The summed E-state index contributed by atoms with van der Waals surface area (Å²) in [7, 11) is 1.76. The molecule has 0 amide bonds. The van der Waals surface area contributed by atoms with Crippen molar-refractivity contribution in [3.8, 4) is 11.6 Å². The minimum absolute atomic E-state index is 0.469. The SMILES string of the molecule is CNc1ncc(Br)c(Oc2ccccc2Br)n1. The van der Waals surface area contributed by atoms with Crippen molar-refractivity contribution in [2.75, 3.05) is 12.4 Å². The van der Waals surface area contributed by atoms with Gasteiger partial charge in [-0.15, -0.1) is 0 Å². The lowest BCUT2D eigenvalue weighted by molar-refractivity contribution is 0.456. The first-order valence-corrected chi connectivity index (χ1v) is 6.42. The molecule has 0 aliphatic rings. The smallest absolute Gasteiger partial charge is 0.238 e. The predicted octanol–water partition coefficient (Wildman–Crippen LogP) is 3.84. The zero-order valence-electron chi connectivity index (χ0n) is 8.95. The molecule has 0 saturated carbocycles. The van der Waals surface area contributed by atoms with Crippen LogP contribution in [0.1, 0.15) is 0 Å².